The molecule has 4 rings (SSSR count). The number of hydrogen-bond donors (Lipinski definition) is 2. The summed E-state index contributed by atoms with van der Waals surface area (Å²) in [6.45, 7) is 2.26. The fourth-order valence-electron chi connectivity index (χ4n) is 4.13. The summed E-state index contributed by atoms with van der Waals surface area (Å²) in [5.74, 6) is -0.801. The maximum atomic E-state index is 12.8. The average molecular weight is 319 g/mol. The van der Waals surface area contributed by atoms with Crippen molar-refractivity contribution in [2.24, 2.45) is 11.7 Å². The van der Waals surface area contributed by atoms with Crippen LogP contribution < -0.4 is 11.1 Å². The van der Waals surface area contributed by atoms with E-state index < -0.39 is 6.09 Å². The largest absolute Gasteiger partial charge is 0.492 e. The average Bonchev–Trinajstić information content (AvgIpc) is 3.04. The third kappa shape index (κ3) is 1.78. The quantitative estimate of drug-likeness (QED) is 0.509. The second kappa shape index (κ2) is 4.58. The smallest absolute Gasteiger partial charge is 0.404 e. The van der Waals surface area contributed by atoms with Gasteiger partial charge in [-0.2, -0.15) is 0 Å². The lowest BCUT2D eigenvalue weighted by molar-refractivity contribution is -0.119. The van der Waals surface area contributed by atoms with E-state index in [0.717, 1.165) is 0 Å². The topological polar surface area (TPSA) is 121 Å². The molecule has 4 aliphatic rings. The summed E-state index contributed by atoms with van der Waals surface area (Å²) in [4.78, 5) is 38.5. The second-order valence-electron chi connectivity index (χ2n) is 6.26. The van der Waals surface area contributed by atoms with Crippen LogP contribution in [0.2, 0.25) is 0 Å². The zero-order chi connectivity index (χ0) is 16.5. The Hall–Kier alpha value is -2.35. The summed E-state index contributed by atoms with van der Waals surface area (Å²) >= 11 is 0. The minimum atomic E-state index is -0.892. The molecule has 2 fully saturated rings. The lowest BCUT2D eigenvalue weighted by Crippen LogP contribution is -2.40. The van der Waals surface area contributed by atoms with Crippen molar-refractivity contribution in [3.05, 3.63) is 22.6 Å². The number of carbonyl (C=O) groups is 3. The van der Waals surface area contributed by atoms with Crippen LogP contribution in [0, 0.1) is 5.92 Å². The normalized spacial score (nSPS) is 34.4. The van der Waals surface area contributed by atoms with Gasteiger partial charge in [0.2, 0.25) is 11.6 Å². The Bertz CT molecular complexity index is 710. The van der Waals surface area contributed by atoms with Crippen molar-refractivity contribution in [3.8, 4) is 0 Å². The second-order valence-corrected chi connectivity index (χ2v) is 6.26. The number of rotatable bonds is 3. The molecule has 3 heterocycles. The first-order valence-electron chi connectivity index (χ1n) is 7.49. The van der Waals surface area contributed by atoms with Crippen molar-refractivity contribution in [2.45, 2.75) is 25.0 Å². The van der Waals surface area contributed by atoms with Crippen LogP contribution in [0.1, 0.15) is 6.92 Å². The molecular formula is C15H17N3O5. The lowest BCUT2D eigenvalue weighted by Gasteiger charge is -2.27. The molecule has 0 radical (unpaired) electrons. The number of piperazine rings is 1. The van der Waals surface area contributed by atoms with Crippen LogP contribution in [0.5, 0.6) is 0 Å². The highest BCUT2D eigenvalue weighted by Gasteiger charge is 2.62. The molecule has 23 heavy (non-hydrogen) atoms. The number of hydrogen-bond acceptors (Lipinski definition) is 7. The van der Waals surface area contributed by atoms with Crippen molar-refractivity contribution >= 4 is 17.7 Å². The molecule has 0 spiro atoms. The van der Waals surface area contributed by atoms with E-state index in [1.807, 2.05) is 4.90 Å². The molecule has 8 heteroatoms. The Morgan fingerprint density at radius 2 is 2.13 bits per heavy atom. The van der Waals surface area contributed by atoms with Gasteiger partial charge in [-0.15, -0.1) is 0 Å². The summed E-state index contributed by atoms with van der Waals surface area (Å²) in [6.07, 6.45) is -0.892. The number of nitrogens with one attached hydrogen (secondary N) is 1. The van der Waals surface area contributed by atoms with E-state index >= 15 is 0 Å². The van der Waals surface area contributed by atoms with E-state index in [1.165, 1.54) is 7.11 Å². The summed E-state index contributed by atoms with van der Waals surface area (Å²) < 4.78 is 10.1. The van der Waals surface area contributed by atoms with Gasteiger partial charge in [-0.05, 0) is 6.92 Å². The number of Topliss-reactive ketones (excluding diaryl/α,β-unsaturated/α-hetero) is 2. The molecule has 0 saturated carbocycles. The van der Waals surface area contributed by atoms with Gasteiger partial charge in [-0.1, -0.05) is 0 Å². The Kier molecular flexibility index (Phi) is 2.84. The monoisotopic (exact) mass is 319 g/mol. The van der Waals surface area contributed by atoms with Gasteiger partial charge in [0.1, 0.15) is 6.61 Å². The predicted molar refractivity (Wildman–Crippen MR) is 77.0 cm³/mol. The Morgan fingerprint density at radius 3 is 2.78 bits per heavy atom. The summed E-state index contributed by atoms with van der Waals surface area (Å²) in [7, 11) is 1.37. The van der Waals surface area contributed by atoms with Gasteiger partial charge in [-0.3, -0.25) is 9.59 Å². The zero-order valence-electron chi connectivity index (χ0n) is 12.8. The predicted octanol–water partition coefficient (Wildman–Crippen LogP) is -0.938. The summed E-state index contributed by atoms with van der Waals surface area (Å²) in [5.41, 5.74) is 6.21. The number of methoxy groups -OCH3 is 1. The Balaban J connectivity index is 1.76. The molecule has 0 unspecified atom stereocenters. The van der Waals surface area contributed by atoms with Gasteiger partial charge in [0.25, 0.3) is 0 Å². The number of ether oxygens (including phenoxy) is 2. The van der Waals surface area contributed by atoms with E-state index in [4.69, 9.17) is 15.2 Å². The molecule has 3 aliphatic heterocycles. The van der Waals surface area contributed by atoms with Crippen LogP contribution in [-0.2, 0) is 19.1 Å². The van der Waals surface area contributed by atoms with Gasteiger partial charge in [0, 0.05) is 35.7 Å². The van der Waals surface area contributed by atoms with Gasteiger partial charge < -0.3 is 25.4 Å². The summed E-state index contributed by atoms with van der Waals surface area (Å²) in [6, 6.07) is 0.455. The SMILES string of the molecule is COC1=C(C)C(=O)C2=C(C1=O)[C@H](COC(N)=O)[C@H]1[C@H]3N[C@H]3CN21. The third-order valence-corrected chi connectivity index (χ3v) is 5.13. The van der Waals surface area contributed by atoms with Crippen molar-refractivity contribution in [2.75, 3.05) is 20.3 Å². The first-order chi connectivity index (χ1) is 11.0. The number of nitrogens with zero attached hydrogens (tertiary/aromatic N) is 1. The molecule has 0 aromatic heterocycles. The maximum absolute atomic E-state index is 12.8. The standard InChI is InChI=1S/C15H17N3O5/c1-5-12(19)11-8(13(20)14(5)22-2)6(4-23-15(16)21)10-9-7(17-9)3-18(10)11/h6-7,9-10,17H,3-4H2,1-2H3,(H2,16,21)/t6-,7-,9-,10-/m0/s1. The molecule has 8 nitrogen and oxygen atoms in total. The highest BCUT2D eigenvalue weighted by molar-refractivity contribution is 6.24. The zero-order valence-corrected chi connectivity index (χ0v) is 12.8. The molecule has 0 aromatic carbocycles. The van der Waals surface area contributed by atoms with Crippen LogP contribution in [0.3, 0.4) is 0 Å². The molecule has 0 bridgehead atoms. The first kappa shape index (κ1) is 14.3. The number of amides is 1. The van der Waals surface area contributed by atoms with E-state index in [-0.39, 0.29) is 41.9 Å². The third-order valence-electron chi connectivity index (χ3n) is 5.13. The molecule has 4 atom stereocenters. The number of ketones is 2. The van der Waals surface area contributed by atoms with Crippen molar-refractivity contribution in [3.63, 3.8) is 0 Å². The van der Waals surface area contributed by atoms with Crippen LogP contribution in [0.4, 0.5) is 4.79 Å². The van der Waals surface area contributed by atoms with Gasteiger partial charge in [0.05, 0.1) is 18.8 Å². The maximum Gasteiger partial charge on any atom is 0.404 e. The van der Waals surface area contributed by atoms with Crippen molar-refractivity contribution in [1.29, 1.82) is 0 Å². The molecule has 0 aromatic rings. The van der Waals surface area contributed by atoms with Gasteiger partial charge in [-0.25, -0.2) is 4.79 Å². The molecule has 1 aliphatic carbocycles. The number of carbonyl (C=O) groups excluding carboxylic acids is 3. The lowest BCUT2D eigenvalue weighted by atomic mass is 9.85. The molecule has 2 saturated heterocycles. The molecule has 122 valence electrons. The minimum absolute atomic E-state index is 0.0186. The number of primary amides is 1. The van der Waals surface area contributed by atoms with Gasteiger partial charge >= 0.3 is 6.09 Å². The summed E-state index contributed by atoms with van der Waals surface area (Å²) in [5, 5.41) is 3.33. The highest BCUT2D eigenvalue weighted by Crippen LogP contribution is 2.48. The molecule has 1 amide bonds. The van der Waals surface area contributed by atoms with Crippen LogP contribution in [-0.4, -0.2) is 60.9 Å². The fraction of sp³-hybridized carbons (Fsp3) is 0.533. The van der Waals surface area contributed by atoms with Crippen LogP contribution in [0.25, 0.3) is 0 Å². The van der Waals surface area contributed by atoms with Crippen LogP contribution in [0.15, 0.2) is 22.6 Å². The highest BCUT2D eigenvalue weighted by atomic mass is 16.5. The van der Waals surface area contributed by atoms with Crippen molar-refractivity contribution in [1.82, 2.24) is 10.2 Å². The van der Waals surface area contributed by atoms with E-state index in [2.05, 4.69) is 5.32 Å². The van der Waals surface area contributed by atoms with Crippen molar-refractivity contribution < 1.29 is 23.9 Å². The van der Waals surface area contributed by atoms with Gasteiger partial charge in [0.15, 0.2) is 5.76 Å². The minimum Gasteiger partial charge on any atom is -0.492 e. The van der Waals surface area contributed by atoms with E-state index in [0.29, 0.717) is 29.4 Å². The van der Waals surface area contributed by atoms with Crippen LogP contribution >= 0.6 is 0 Å². The van der Waals surface area contributed by atoms with E-state index in [1.54, 1.807) is 6.92 Å². The Morgan fingerprint density at radius 1 is 1.39 bits per heavy atom. The molecule has 3 N–H and O–H groups in total. The number of nitrogens with two attached hydrogens (primary N) is 1. The first-order valence-corrected chi connectivity index (χ1v) is 7.49. The van der Waals surface area contributed by atoms with E-state index in [9.17, 15) is 14.4 Å². The number of fused-ring (bicyclic) bond motifs is 4. The Labute approximate surface area is 132 Å². The number of allylic oxidation sites excluding steroid dienone is 2. The molecular weight excluding hydrogens is 302 g/mol. The fourth-order valence-corrected chi connectivity index (χ4v) is 4.13.